The average Bonchev–Trinajstić information content (AvgIpc) is 0.836. The van der Waals surface area contributed by atoms with Gasteiger partial charge in [-0.2, -0.15) is 0 Å². The van der Waals surface area contributed by atoms with Crippen LogP contribution in [0, 0.1) is 0 Å². The molecule has 0 bridgehead atoms. The van der Waals surface area contributed by atoms with Crippen molar-refractivity contribution in [2.75, 3.05) is 16.0 Å². The maximum Gasteiger partial charge on any atom is 0.475 e. The number of carbonyl (C=O) groups excluding carboxylic acids is 3. The van der Waals surface area contributed by atoms with Crippen molar-refractivity contribution in [2.45, 2.75) is 424 Å². The summed E-state index contributed by atoms with van der Waals surface area (Å²) >= 11 is 10.8. The number of halogens is 3. The van der Waals surface area contributed by atoms with Crippen LogP contribution in [0.2, 0.25) is 0 Å². The molecule has 0 heterocycles. The van der Waals surface area contributed by atoms with Crippen molar-refractivity contribution in [3.05, 3.63) is 36.5 Å². The predicted molar refractivity (Wildman–Crippen MR) is 419 cm³/mol. The van der Waals surface area contributed by atoms with Gasteiger partial charge in [-0.3, -0.25) is 13.6 Å². The van der Waals surface area contributed by atoms with Crippen LogP contribution in [-0.2, 0) is 32.3 Å². The Morgan fingerprint density at radius 1 is 0.357 bits per heavy atom. The first-order valence-electron chi connectivity index (χ1n) is 39.0. The number of phosphoric ester groups is 1. The van der Waals surface area contributed by atoms with Gasteiger partial charge in [-0.15, -0.1) is 0 Å². The van der Waals surface area contributed by atoms with Crippen LogP contribution in [0.25, 0.3) is 0 Å². The van der Waals surface area contributed by atoms with Gasteiger partial charge in [0.05, 0.1) is 54.7 Å². The normalized spacial score (nSPS) is 15.9. The summed E-state index contributed by atoms with van der Waals surface area (Å²) in [6, 6.07) is -3.01. The smallest absolute Gasteiger partial charge is 0.444 e. The van der Waals surface area contributed by atoms with Gasteiger partial charge in [0.25, 0.3) is 0 Å². The van der Waals surface area contributed by atoms with Gasteiger partial charge >= 0.3 is 26.1 Å². The Labute approximate surface area is 624 Å². The monoisotopic (exact) mass is 1600 g/mol. The molecular weight excluding hydrogens is 1460 g/mol. The van der Waals surface area contributed by atoms with Crippen molar-refractivity contribution >= 4 is 73.9 Å². The number of alkyl halides is 3. The van der Waals surface area contributed by atoms with E-state index in [1.54, 1.807) is 80.5 Å². The highest BCUT2D eigenvalue weighted by Crippen LogP contribution is 2.55. The molecule has 0 aliphatic rings. The van der Waals surface area contributed by atoms with Gasteiger partial charge in [0.2, 0.25) is 0 Å². The van der Waals surface area contributed by atoms with Crippen LogP contribution in [0.3, 0.4) is 0 Å². The lowest BCUT2D eigenvalue weighted by atomic mass is 10.0. The van der Waals surface area contributed by atoms with E-state index < -0.39 is 97.7 Å². The van der Waals surface area contributed by atoms with E-state index >= 15 is 4.57 Å². The Balaban J connectivity index is 7.48. The Kier molecular flexibility index (Phi) is 59.7. The second-order valence-electron chi connectivity index (χ2n) is 30.3. The van der Waals surface area contributed by atoms with Crippen molar-refractivity contribution in [2.24, 2.45) is 0 Å². The van der Waals surface area contributed by atoms with E-state index in [0.29, 0.717) is 16.0 Å². The summed E-state index contributed by atoms with van der Waals surface area (Å²) in [5, 5.41) is 45.7. The molecule has 0 aromatic carbocycles. The number of aliphatic hydroxyl groups is 3. The summed E-state index contributed by atoms with van der Waals surface area (Å²) in [5.74, 6) is 0. The molecule has 0 rings (SSSR count). The van der Waals surface area contributed by atoms with E-state index in [9.17, 15) is 29.7 Å². The minimum atomic E-state index is -4.89. The maximum absolute atomic E-state index is 16.3. The molecule has 3 amide bonds. The summed E-state index contributed by atoms with van der Waals surface area (Å²) in [6.45, 7) is 22.5. The third-order valence-corrected chi connectivity index (χ3v) is 20.0. The van der Waals surface area contributed by atoms with E-state index in [1.807, 2.05) is 18.2 Å². The van der Waals surface area contributed by atoms with E-state index in [1.165, 1.54) is 154 Å². The van der Waals surface area contributed by atoms with Crippen molar-refractivity contribution < 1.29 is 62.1 Å². The van der Waals surface area contributed by atoms with E-state index in [2.05, 4.69) is 84.5 Å². The molecule has 0 aromatic rings. The second-order valence-corrected chi connectivity index (χ2v) is 34.2. The molecule has 0 radical (unpaired) electrons. The van der Waals surface area contributed by atoms with E-state index in [0.717, 1.165) is 77.0 Å². The molecule has 0 saturated carbocycles. The quantitative estimate of drug-likeness (QED) is 0.0110. The third-order valence-electron chi connectivity index (χ3n) is 16.9. The first kappa shape index (κ1) is 96.5. The summed E-state index contributed by atoms with van der Waals surface area (Å²) in [4.78, 5) is 41.0. The van der Waals surface area contributed by atoms with Gasteiger partial charge in [-0.05, 0) is 139 Å². The molecule has 0 aliphatic heterocycles. The van der Waals surface area contributed by atoms with Gasteiger partial charge in [0.1, 0.15) is 16.8 Å². The molecule has 16 nitrogen and oxygen atoms in total. The largest absolute Gasteiger partial charge is 0.475 e. The van der Waals surface area contributed by atoms with Crippen LogP contribution < -0.4 is 16.0 Å². The zero-order chi connectivity index (χ0) is 73.4. The molecule has 0 aromatic heterocycles. The Morgan fingerprint density at radius 2 is 0.551 bits per heavy atom. The van der Waals surface area contributed by atoms with Crippen LogP contribution in [0.5, 0.6) is 0 Å². The molecule has 578 valence electrons. The van der Waals surface area contributed by atoms with Crippen LogP contribution in [0.4, 0.5) is 14.4 Å². The van der Waals surface area contributed by atoms with Gasteiger partial charge in [0, 0.05) is 16.0 Å². The summed E-state index contributed by atoms with van der Waals surface area (Å²) in [5.41, 5.74) is -2.58. The number of rotatable bonds is 63. The Hall–Kier alpha value is -1.54. The van der Waals surface area contributed by atoms with Gasteiger partial charge in [0.15, 0.2) is 0 Å². The predicted octanol–water partition coefficient (Wildman–Crippen LogP) is 23.3. The molecule has 9 unspecified atom stereocenters. The number of hydrogen-bond acceptors (Lipinski definition) is 13. The van der Waals surface area contributed by atoms with Gasteiger partial charge in [-0.1, -0.05) is 298 Å². The van der Waals surface area contributed by atoms with Crippen LogP contribution >= 0.6 is 55.6 Å². The maximum atomic E-state index is 16.3. The molecule has 0 aliphatic carbocycles. The fourth-order valence-electron chi connectivity index (χ4n) is 11.6. The standard InChI is InChI=1S/C78H147Br3N3O13P/c1-13-16-19-22-25-28-31-34-37-40-43-46-49-52-70(85)67(82-73(88)92-76(4,5)6)61-64(55-58-79)95-98(91,96-65(56-59-80)62-68(83-74(89)93-77(7,8)9)71(86)53-50-47-44-41-38-35-32-29-26-23-20-17-14-2)97-66(57-60-81)63-69(84-75(90)94-78(10,11)12)72(87)54-51-48-45-42-39-36-33-30-27-24-21-18-15-3/h49-54,64-72,85-87H,13-48,55-63H2,1-12H3,(H,82,88)(H,83,89)(H,84,90)/b52-49-,53-50+,54-51+. The van der Waals surface area contributed by atoms with Gasteiger partial charge in [-0.25, -0.2) is 18.9 Å². The fraction of sp³-hybridized carbons (Fsp3) is 0.885. The number of carbonyl (C=O) groups is 3. The first-order valence-corrected chi connectivity index (χ1v) is 43.8. The van der Waals surface area contributed by atoms with Crippen molar-refractivity contribution in [3.8, 4) is 0 Å². The number of nitrogens with one attached hydrogen (secondary N) is 3. The second kappa shape index (κ2) is 60.7. The lowest BCUT2D eigenvalue weighted by molar-refractivity contribution is 0.00316. The fourth-order valence-corrected chi connectivity index (χ4v) is 14.9. The number of alkyl carbamates (subject to hydrolysis) is 3. The molecular formula is C78H147Br3N3O13P. The number of amides is 3. The summed E-state index contributed by atoms with van der Waals surface area (Å²) in [6.07, 6.45) is 44.6. The number of hydrogen-bond donors (Lipinski definition) is 6. The number of allylic oxidation sites excluding steroid dienone is 3. The first-order chi connectivity index (χ1) is 46.6. The highest BCUT2D eigenvalue weighted by molar-refractivity contribution is 9.09. The molecule has 9 atom stereocenters. The lowest BCUT2D eigenvalue weighted by Crippen LogP contribution is -2.47. The van der Waals surface area contributed by atoms with Crippen LogP contribution in [0.15, 0.2) is 36.5 Å². The number of unbranched alkanes of at least 4 members (excludes halogenated alkanes) is 33. The highest BCUT2D eigenvalue weighted by atomic mass is 79.9. The van der Waals surface area contributed by atoms with Crippen molar-refractivity contribution in [1.82, 2.24) is 16.0 Å². The number of aliphatic hydroxyl groups excluding tert-OH is 3. The third kappa shape index (κ3) is 58.8. The SMILES string of the molecule is CCCCCCCCCCCCC/C=C\C(O)C(CC(CCBr)OP(=O)(OC(CCBr)CC(NC(=O)OC(C)(C)C)C(O)/C=C/CCCCCCCCCCCCC)OC(CCBr)CC(NC(=O)OC(C)(C)C)C(O)/C=C/CCCCCCCCCCCCC)NC(=O)OC(C)(C)C. The number of ether oxygens (including phenoxy) is 3. The van der Waals surface area contributed by atoms with E-state index in [-0.39, 0.29) is 38.5 Å². The van der Waals surface area contributed by atoms with E-state index in [4.69, 9.17) is 27.8 Å². The summed E-state index contributed by atoms with van der Waals surface area (Å²) < 4.78 is 53.7. The molecule has 0 spiro atoms. The van der Waals surface area contributed by atoms with Crippen molar-refractivity contribution in [1.29, 1.82) is 0 Å². The molecule has 0 fully saturated rings. The molecule has 98 heavy (non-hydrogen) atoms. The number of phosphoric acid groups is 1. The Morgan fingerprint density at radius 3 is 0.735 bits per heavy atom. The minimum absolute atomic E-state index is 0.0748. The molecule has 0 saturated heterocycles. The molecule has 20 heteroatoms. The van der Waals surface area contributed by atoms with Crippen LogP contribution in [0.1, 0.15) is 353 Å². The minimum Gasteiger partial charge on any atom is -0.444 e. The average molecular weight is 1610 g/mol. The topological polar surface area (TPSA) is 220 Å². The van der Waals surface area contributed by atoms with Crippen LogP contribution in [-0.4, -0.2) is 121 Å². The Bertz CT molecular complexity index is 1850. The zero-order valence-electron chi connectivity index (χ0n) is 64.0. The van der Waals surface area contributed by atoms with Gasteiger partial charge < -0.3 is 45.5 Å². The zero-order valence-corrected chi connectivity index (χ0v) is 69.6. The summed E-state index contributed by atoms with van der Waals surface area (Å²) in [7, 11) is -4.89. The molecule has 6 N–H and O–H groups in total. The highest BCUT2D eigenvalue weighted by Gasteiger charge is 2.41. The lowest BCUT2D eigenvalue weighted by Gasteiger charge is -2.34. The van der Waals surface area contributed by atoms with Crippen molar-refractivity contribution in [3.63, 3.8) is 0 Å².